The van der Waals surface area contributed by atoms with Crippen LogP contribution in [0.2, 0.25) is 0 Å². The molecule has 2 rings (SSSR count). The van der Waals surface area contributed by atoms with Crippen molar-refractivity contribution in [1.82, 2.24) is 4.72 Å². The van der Waals surface area contributed by atoms with Crippen LogP contribution in [0.4, 0.5) is 0 Å². The number of hydrogen-bond donors (Lipinski definition) is 2. The molecule has 0 radical (unpaired) electrons. The molecule has 5 heteroatoms. The summed E-state index contributed by atoms with van der Waals surface area (Å²) in [4.78, 5) is 23.1. The number of amides is 1. The molecule has 0 heterocycles. The van der Waals surface area contributed by atoms with Crippen molar-refractivity contribution in [2.45, 2.75) is 32.1 Å². The first-order valence-electron chi connectivity index (χ1n) is 6.22. The quantitative estimate of drug-likeness (QED) is 0.658. The molecule has 1 atom stereocenters. The van der Waals surface area contributed by atoms with Crippen molar-refractivity contribution in [3.05, 3.63) is 34.4 Å². The van der Waals surface area contributed by atoms with Crippen LogP contribution in [0.5, 0.6) is 0 Å². The number of carbonyl (C=O) groups excluding carboxylic acids is 2. The minimum atomic E-state index is -0.194. The summed E-state index contributed by atoms with van der Waals surface area (Å²) < 4.78 is 7.07. The fraction of sp³-hybridized carbons (Fsp3) is 0.429. The van der Waals surface area contributed by atoms with Crippen LogP contribution >= 0.6 is 12.8 Å². The van der Waals surface area contributed by atoms with Crippen LogP contribution < -0.4 is 4.72 Å². The Morgan fingerprint density at radius 3 is 2.84 bits per heavy atom. The molecule has 1 amide bonds. The fourth-order valence-electron chi connectivity index (χ4n) is 2.77. The van der Waals surface area contributed by atoms with E-state index in [1.165, 1.54) is 18.2 Å². The van der Waals surface area contributed by atoms with Crippen molar-refractivity contribution in [3.63, 3.8) is 0 Å². The van der Waals surface area contributed by atoms with E-state index in [2.05, 4.69) is 17.5 Å². The lowest BCUT2D eigenvalue weighted by Gasteiger charge is -2.13. The Bertz CT molecular complexity index is 528. The maximum absolute atomic E-state index is 11.7. The van der Waals surface area contributed by atoms with E-state index in [1.807, 2.05) is 13.0 Å². The topological polar surface area (TPSA) is 55.4 Å². The highest BCUT2D eigenvalue weighted by Gasteiger charge is 2.27. The van der Waals surface area contributed by atoms with E-state index in [-0.39, 0.29) is 17.8 Å². The third-order valence-electron chi connectivity index (χ3n) is 3.80. The Labute approximate surface area is 118 Å². The first-order chi connectivity index (χ1) is 9.08. The summed E-state index contributed by atoms with van der Waals surface area (Å²) in [6, 6.07) is 3.75. The van der Waals surface area contributed by atoms with Crippen molar-refractivity contribution in [3.8, 4) is 0 Å². The van der Waals surface area contributed by atoms with Crippen molar-refractivity contribution >= 4 is 24.7 Å². The number of esters is 1. The summed E-state index contributed by atoms with van der Waals surface area (Å²) in [5.74, 6) is -0.179. The summed E-state index contributed by atoms with van der Waals surface area (Å²) in [5, 5.41) is 0. The number of ether oxygens (including phenoxy) is 1. The molecule has 0 bridgehead atoms. The summed E-state index contributed by atoms with van der Waals surface area (Å²) in [5.41, 5.74) is 3.98. The van der Waals surface area contributed by atoms with Crippen LogP contribution in [0.3, 0.4) is 0 Å². The van der Waals surface area contributed by atoms with Crippen LogP contribution in [0.25, 0.3) is 0 Å². The number of hydrogen-bond acceptors (Lipinski definition) is 4. The summed E-state index contributed by atoms with van der Waals surface area (Å²) in [7, 11) is 1.41. The Morgan fingerprint density at radius 1 is 1.47 bits per heavy atom. The second kappa shape index (κ2) is 5.65. The second-order valence-electron chi connectivity index (χ2n) is 4.76. The van der Waals surface area contributed by atoms with Gasteiger partial charge in [0.2, 0.25) is 0 Å². The van der Waals surface area contributed by atoms with E-state index in [4.69, 9.17) is 4.74 Å². The van der Waals surface area contributed by atoms with E-state index in [9.17, 15) is 9.59 Å². The van der Waals surface area contributed by atoms with E-state index in [0.717, 1.165) is 18.4 Å². The van der Waals surface area contributed by atoms with Gasteiger partial charge in [-0.3, -0.25) is 14.3 Å². The Hall–Kier alpha value is -1.49. The zero-order valence-electron chi connectivity index (χ0n) is 11.0. The van der Waals surface area contributed by atoms with Crippen molar-refractivity contribution in [1.29, 1.82) is 0 Å². The Kier molecular flexibility index (Phi) is 4.14. The van der Waals surface area contributed by atoms with Gasteiger partial charge in [-0.25, -0.2) is 0 Å². The lowest BCUT2D eigenvalue weighted by atomic mass is 9.93. The molecule has 1 aromatic rings. The number of carbonyl (C=O) groups is 2. The zero-order chi connectivity index (χ0) is 14.0. The summed E-state index contributed by atoms with van der Waals surface area (Å²) in [6.07, 6.45) is 2.23. The molecule has 0 spiro atoms. The first kappa shape index (κ1) is 13.9. The molecule has 1 N–H and O–H groups in total. The average molecular weight is 279 g/mol. The van der Waals surface area contributed by atoms with Crippen molar-refractivity contribution in [2.75, 3.05) is 7.11 Å². The molecule has 102 valence electrons. The molecule has 0 aromatic heterocycles. The highest BCUT2D eigenvalue weighted by Crippen LogP contribution is 2.38. The van der Waals surface area contributed by atoms with E-state index >= 15 is 0 Å². The molecule has 0 saturated heterocycles. The SMILES string of the molecule is COC(=O)C[C@H]1CCc2c1ccc(C(=O)NS)c2C. The van der Waals surface area contributed by atoms with Crippen molar-refractivity contribution < 1.29 is 14.3 Å². The largest absolute Gasteiger partial charge is 0.469 e. The van der Waals surface area contributed by atoms with Crippen LogP contribution in [0, 0.1) is 6.92 Å². The standard InChI is InChI=1S/C14H17NO3S/c1-8-10-4-3-9(7-13(16)18-2)12(10)6-5-11(8)14(17)15-19/h5-6,9,19H,3-4,7H2,1-2H3,(H,15,17)/t9-/m1/s1. The maximum atomic E-state index is 11.7. The monoisotopic (exact) mass is 279 g/mol. The summed E-state index contributed by atoms with van der Waals surface area (Å²) in [6.45, 7) is 1.94. The predicted molar refractivity (Wildman–Crippen MR) is 75.3 cm³/mol. The van der Waals surface area contributed by atoms with Gasteiger partial charge in [-0.2, -0.15) is 0 Å². The highest BCUT2D eigenvalue weighted by molar-refractivity contribution is 7.78. The van der Waals surface area contributed by atoms with Crippen molar-refractivity contribution in [2.24, 2.45) is 0 Å². The molecular weight excluding hydrogens is 262 g/mol. The fourth-order valence-corrected chi connectivity index (χ4v) is 2.89. The van der Waals surface area contributed by atoms with Gasteiger partial charge in [-0.1, -0.05) is 18.9 Å². The molecule has 0 unspecified atom stereocenters. The van der Waals surface area contributed by atoms with Crippen LogP contribution in [0.1, 0.15) is 45.8 Å². The molecule has 0 aliphatic heterocycles. The van der Waals surface area contributed by atoms with Gasteiger partial charge in [0.25, 0.3) is 5.91 Å². The molecule has 19 heavy (non-hydrogen) atoms. The Balaban J connectivity index is 2.31. The normalized spacial score (nSPS) is 16.9. The molecular formula is C14H17NO3S. The molecule has 1 aliphatic carbocycles. The van der Waals surface area contributed by atoms with Gasteiger partial charge in [0.05, 0.1) is 13.5 Å². The summed E-state index contributed by atoms with van der Waals surface area (Å²) >= 11 is 3.79. The van der Waals surface area contributed by atoms with E-state index < -0.39 is 0 Å². The predicted octanol–water partition coefficient (Wildman–Crippen LogP) is 2.16. The molecule has 0 saturated carbocycles. The number of fused-ring (bicyclic) bond motifs is 1. The van der Waals surface area contributed by atoms with Crippen LogP contribution in [0.15, 0.2) is 12.1 Å². The minimum Gasteiger partial charge on any atom is -0.469 e. The third-order valence-corrected chi connectivity index (χ3v) is 4.01. The van der Waals surface area contributed by atoms with Gasteiger partial charge in [0, 0.05) is 5.56 Å². The van der Waals surface area contributed by atoms with E-state index in [1.54, 1.807) is 6.07 Å². The molecule has 1 aliphatic rings. The van der Waals surface area contributed by atoms with Gasteiger partial charge in [0.15, 0.2) is 0 Å². The van der Waals surface area contributed by atoms with Crippen LogP contribution in [-0.2, 0) is 16.0 Å². The van der Waals surface area contributed by atoms with E-state index in [0.29, 0.717) is 12.0 Å². The smallest absolute Gasteiger partial charge is 0.306 e. The number of thiol groups is 1. The van der Waals surface area contributed by atoms with Gasteiger partial charge < -0.3 is 4.74 Å². The number of nitrogens with one attached hydrogen (secondary N) is 1. The average Bonchev–Trinajstić information content (AvgIpc) is 2.82. The lowest BCUT2D eigenvalue weighted by molar-refractivity contribution is -0.141. The first-order valence-corrected chi connectivity index (χ1v) is 6.66. The maximum Gasteiger partial charge on any atom is 0.306 e. The van der Waals surface area contributed by atoms with Gasteiger partial charge >= 0.3 is 5.97 Å². The molecule has 0 fully saturated rings. The number of rotatable bonds is 3. The molecule has 1 aromatic carbocycles. The van der Waals surface area contributed by atoms with Crippen LogP contribution in [-0.4, -0.2) is 19.0 Å². The third kappa shape index (κ3) is 2.61. The van der Waals surface area contributed by atoms with Gasteiger partial charge in [-0.15, -0.1) is 0 Å². The highest BCUT2D eigenvalue weighted by atomic mass is 32.1. The second-order valence-corrected chi connectivity index (χ2v) is 4.99. The lowest BCUT2D eigenvalue weighted by Crippen LogP contribution is -2.15. The molecule has 4 nitrogen and oxygen atoms in total. The number of benzene rings is 1. The minimum absolute atomic E-state index is 0.187. The zero-order valence-corrected chi connectivity index (χ0v) is 11.9. The Morgan fingerprint density at radius 2 is 2.21 bits per heavy atom. The van der Waals surface area contributed by atoms with Gasteiger partial charge in [-0.05, 0) is 48.4 Å². The van der Waals surface area contributed by atoms with Gasteiger partial charge in [0.1, 0.15) is 0 Å². The number of methoxy groups -OCH3 is 1.